The lowest BCUT2D eigenvalue weighted by molar-refractivity contribution is 0.0322. The van der Waals surface area contributed by atoms with Gasteiger partial charge in [-0.1, -0.05) is 11.6 Å². The zero-order chi connectivity index (χ0) is 12.8. The fourth-order valence-electron chi connectivity index (χ4n) is 2.00. The first-order valence-corrected chi connectivity index (χ1v) is 6.28. The Hall–Kier alpha value is -1.39. The van der Waals surface area contributed by atoms with Gasteiger partial charge in [-0.3, -0.25) is 9.69 Å². The second-order valence-corrected chi connectivity index (χ2v) is 4.46. The average Bonchev–Trinajstić information content (AvgIpc) is 2.41. The van der Waals surface area contributed by atoms with Gasteiger partial charge >= 0.3 is 0 Å². The molecule has 1 aromatic carbocycles. The molecule has 0 amide bonds. The summed E-state index contributed by atoms with van der Waals surface area (Å²) in [5.41, 5.74) is 1.69. The summed E-state index contributed by atoms with van der Waals surface area (Å²) in [6.07, 6.45) is 0.844. The Kier molecular flexibility index (Phi) is 4.73. The van der Waals surface area contributed by atoms with Gasteiger partial charge < -0.3 is 9.47 Å². The molecule has 18 heavy (non-hydrogen) atoms. The molecule has 1 saturated heterocycles. The third-order valence-electron chi connectivity index (χ3n) is 3.06. The first kappa shape index (κ1) is 13.1. The molecule has 1 fully saturated rings. The van der Waals surface area contributed by atoms with Crippen molar-refractivity contribution in [2.24, 2.45) is 0 Å². The summed E-state index contributed by atoms with van der Waals surface area (Å²) < 4.78 is 11.0. The molecule has 0 spiro atoms. The van der Waals surface area contributed by atoms with Gasteiger partial charge in [-0.25, -0.2) is 0 Å². The second-order valence-electron chi connectivity index (χ2n) is 4.46. The number of nitrogens with zero attached hydrogens (tertiary/aromatic N) is 1. The van der Waals surface area contributed by atoms with Gasteiger partial charge in [0.15, 0.2) is 6.29 Å². The van der Waals surface area contributed by atoms with Crippen LogP contribution in [0.1, 0.15) is 15.9 Å². The highest BCUT2D eigenvalue weighted by atomic mass is 16.5. The molecule has 98 valence electrons. The van der Waals surface area contributed by atoms with Crippen molar-refractivity contribution >= 4 is 6.29 Å². The topological polar surface area (TPSA) is 38.8 Å². The summed E-state index contributed by atoms with van der Waals surface area (Å²) >= 11 is 0. The Morgan fingerprint density at radius 3 is 2.89 bits per heavy atom. The lowest BCUT2D eigenvalue weighted by atomic mass is 10.1. The van der Waals surface area contributed by atoms with Gasteiger partial charge in [0.1, 0.15) is 12.4 Å². The molecule has 0 radical (unpaired) electrons. The molecule has 0 bridgehead atoms. The van der Waals surface area contributed by atoms with Crippen molar-refractivity contribution in [1.82, 2.24) is 4.90 Å². The molecular weight excluding hydrogens is 230 g/mol. The molecule has 0 saturated carbocycles. The minimum Gasteiger partial charge on any atom is -0.492 e. The number of rotatable bonds is 5. The maximum absolute atomic E-state index is 10.9. The standard InChI is InChI=1S/C14H19NO3/c1-12-2-3-14(13(10-12)11-16)18-9-6-15-4-7-17-8-5-15/h2-3,10-11H,4-9H2,1H3. The van der Waals surface area contributed by atoms with Crippen molar-refractivity contribution in [1.29, 1.82) is 0 Å². The molecule has 0 aromatic heterocycles. The number of hydrogen-bond acceptors (Lipinski definition) is 4. The Morgan fingerprint density at radius 2 is 2.17 bits per heavy atom. The van der Waals surface area contributed by atoms with E-state index in [1.54, 1.807) is 0 Å². The van der Waals surface area contributed by atoms with Crippen LogP contribution in [0.25, 0.3) is 0 Å². The van der Waals surface area contributed by atoms with Crippen molar-refractivity contribution in [3.05, 3.63) is 29.3 Å². The lowest BCUT2D eigenvalue weighted by Gasteiger charge is -2.26. The minimum absolute atomic E-state index is 0.601. The number of aldehydes is 1. The maximum Gasteiger partial charge on any atom is 0.153 e. The lowest BCUT2D eigenvalue weighted by Crippen LogP contribution is -2.38. The van der Waals surface area contributed by atoms with Crippen LogP contribution in [0.4, 0.5) is 0 Å². The van der Waals surface area contributed by atoms with E-state index in [-0.39, 0.29) is 0 Å². The van der Waals surface area contributed by atoms with Crippen LogP contribution in [-0.2, 0) is 4.74 Å². The number of aryl methyl sites for hydroxylation is 1. The zero-order valence-corrected chi connectivity index (χ0v) is 10.7. The summed E-state index contributed by atoms with van der Waals surface area (Å²) in [6.45, 7) is 6.94. The molecule has 4 heteroatoms. The Morgan fingerprint density at radius 1 is 1.39 bits per heavy atom. The Bertz CT molecular complexity index is 400. The van der Waals surface area contributed by atoms with E-state index in [4.69, 9.17) is 9.47 Å². The maximum atomic E-state index is 10.9. The highest BCUT2D eigenvalue weighted by Gasteiger charge is 2.10. The fraction of sp³-hybridized carbons (Fsp3) is 0.500. The predicted molar refractivity (Wildman–Crippen MR) is 69.3 cm³/mol. The van der Waals surface area contributed by atoms with Gasteiger partial charge in [0, 0.05) is 19.6 Å². The van der Waals surface area contributed by atoms with E-state index in [1.807, 2.05) is 25.1 Å². The second kappa shape index (κ2) is 6.52. The molecular formula is C14H19NO3. The number of morpholine rings is 1. The van der Waals surface area contributed by atoms with Crippen molar-refractivity contribution in [2.45, 2.75) is 6.92 Å². The number of carbonyl (C=O) groups excluding carboxylic acids is 1. The minimum atomic E-state index is 0.601. The van der Waals surface area contributed by atoms with Crippen LogP contribution in [0.5, 0.6) is 5.75 Å². The quantitative estimate of drug-likeness (QED) is 0.742. The number of benzene rings is 1. The van der Waals surface area contributed by atoms with Crippen LogP contribution in [0.15, 0.2) is 18.2 Å². The van der Waals surface area contributed by atoms with Crippen LogP contribution in [0.3, 0.4) is 0 Å². The molecule has 1 heterocycles. The highest BCUT2D eigenvalue weighted by molar-refractivity contribution is 5.79. The zero-order valence-electron chi connectivity index (χ0n) is 10.7. The van der Waals surface area contributed by atoms with E-state index in [1.165, 1.54) is 0 Å². The van der Waals surface area contributed by atoms with Gasteiger partial charge in [0.25, 0.3) is 0 Å². The summed E-state index contributed by atoms with van der Waals surface area (Å²) in [6, 6.07) is 5.66. The van der Waals surface area contributed by atoms with E-state index in [9.17, 15) is 4.79 Å². The third-order valence-corrected chi connectivity index (χ3v) is 3.06. The molecule has 4 nitrogen and oxygen atoms in total. The van der Waals surface area contributed by atoms with Crippen LogP contribution in [0.2, 0.25) is 0 Å². The molecule has 1 aliphatic rings. The Balaban J connectivity index is 1.84. The van der Waals surface area contributed by atoms with E-state index in [0.717, 1.165) is 44.7 Å². The molecule has 2 rings (SSSR count). The number of ether oxygens (including phenoxy) is 2. The normalized spacial score (nSPS) is 16.5. The number of carbonyl (C=O) groups is 1. The van der Waals surface area contributed by atoms with Crippen LogP contribution >= 0.6 is 0 Å². The molecule has 1 aromatic rings. The van der Waals surface area contributed by atoms with Crippen molar-refractivity contribution < 1.29 is 14.3 Å². The summed E-state index contributed by atoms with van der Waals surface area (Å²) in [5.74, 6) is 0.670. The molecule has 1 aliphatic heterocycles. The summed E-state index contributed by atoms with van der Waals surface area (Å²) in [7, 11) is 0. The molecule has 0 atom stereocenters. The van der Waals surface area contributed by atoms with E-state index in [2.05, 4.69) is 4.90 Å². The fourth-order valence-corrected chi connectivity index (χ4v) is 2.00. The van der Waals surface area contributed by atoms with Gasteiger partial charge in [-0.15, -0.1) is 0 Å². The average molecular weight is 249 g/mol. The summed E-state index contributed by atoms with van der Waals surface area (Å²) in [5, 5.41) is 0. The first-order chi connectivity index (χ1) is 8.79. The molecule has 0 aliphatic carbocycles. The SMILES string of the molecule is Cc1ccc(OCCN2CCOCC2)c(C=O)c1. The number of hydrogen-bond donors (Lipinski definition) is 0. The van der Waals surface area contributed by atoms with Crippen LogP contribution in [-0.4, -0.2) is 50.6 Å². The summed E-state index contributed by atoms with van der Waals surface area (Å²) in [4.78, 5) is 13.2. The smallest absolute Gasteiger partial charge is 0.153 e. The van der Waals surface area contributed by atoms with E-state index >= 15 is 0 Å². The van der Waals surface area contributed by atoms with E-state index in [0.29, 0.717) is 17.9 Å². The van der Waals surface area contributed by atoms with Crippen molar-refractivity contribution in [3.8, 4) is 5.75 Å². The van der Waals surface area contributed by atoms with Gasteiger partial charge in [0.2, 0.25) is 0 Å². The third kappa shape index (κ3) is 3.55. The Labute approximate surface area is 107 Å². The van der Waals surface area contributed by atoms with Crippen LogP contribution in [0, 0.1) is 6.92 Å². The van der Waals surface area contributed by atoms with Crippen molar-refractivity contribution in [2.75, 3.05) is 39.5 Å². The van der Waals surface area contributed by atoms with Gasteiger partial charge in [-0.05, 0) is 19.1 Å². The largest absolute Gasteiger partial charge is 0.492 e. The first-order valence-electron chi connectivity index (χ1n) is 6.28. The predicted octanol–water partition coefficient (Wildman–Crippen LogP) is 1.52. The van der Waals surface area contributed by atoms with Gasteiger partial charge in [0.05, 0.1) is 18.8 Å². The van der Waals surface area contributed by atoms with Crippen LogP contribution < -0.4 is 4.74 Å². The van der Waals surface area contributed by atoms with Crippen molar-refractivity contribution in [3.63, 3.8) is 0 Å². The highest BCUT2D eigenvalue weighted by Crippen LogP contribution is 2.18. The molecule has 0 unspecified atom stereocenters. The van der Waals surface area contributed by atoms with Gasteiger partial charge in [-0.2, -0.15) is 0 Å². The van der Waals surface area contributed by atoms with E-state index < -0.39 is 0 Å². The monoisotopic (exact) mass is 249 g/mol. The molecule has 0 N–H and O–H groups in total.